The molecule has 0 bridgehead atoms. The first-order valence-electron chi connectivity index (χ1n) is 5.71. The van der Waals surface area contributed by atoms with E-state index >= 15 is 0 Å². The highest BCUT2D eigenvalue weighted by molar-refractivity contribution is 7.86. The Labute approximate surface area is 134 Å². The van der Waals surface area contributed by atoms with Crippen molar-refractivity contribution in [2.24, 2.45) is 0 Å². The van der Waals surface area contributed by atoms with Crippen molar-refractivity contribution in [1.29, 1.82) is 0 Å². The molecule has 118 valence electrons. The summed E-state index contributed by atoms with van der Waals surface area (Å²) in [6, 6.07) is 16.6. The predicted molar refractivity (Wildman–Crippen MR) is 66.1 cm³/mol. The van der Waals surface area contributed by atoms with Crippen molar-refractivity contribution in [3.63, 3.8) is 0 Å². The van der Waals surface area contributed by atoms with Crippen LogP contribution in [0.15, 0.2) is 48.5 Å². The Hall–Kier alpha value is -1.33. The Kier molecular flexibility index (Phi) is 4.97. The van der Waals surface area contributed by atoms with Crippen LogP contribution >= 0.6 is 0 Å². The van der Waals surface area contributed by atoms with E-state index in [1.54, 1.807) is 0 Å². The lowest BCUT2D eigenvalue weighted by Crippen LogP contribution is -3.61. The summed E-state index contributed by atoms with van der Waals surface area (Å²) in [6.07, 6.45) is 0. The van der Waals surface area contributed by atoms with Gasteiger partial charge in [0.2, 0.25) is 7.14 Å². The van der Waals surface area contributed by atoms with Crippen LogP contribution in [0.2, 0.25) is 0 Å². The Balaban J connectivity index is 0.000000192. The number of hydrogen-bond donors (Lipinski definition) is 0. The summed E-state index contributed by atoms with van der Waals surface area (Å²) in [7, 11) is -6.09. The molecule has 9 heteroatoms. The summed E-state index contributed by atoms with van der Waals surface area (Å²) in [5, 5.41) is 0. The van der Waals surface area contributed by atoms with Gasteiger partial charge in [-0.15, -0.1) is 0 Å². The Morgan fingerprint density at radius 1 is 0.909 bits per heavy atom. The van der Waals surface area contributed by atoms with Gasteiger partial charge in [0.25, 0.3) is 0 Å². The van der Waals surface area contributed by atoms with Gasteiger partial charge in [-0.1, -0.05) is 24.3 Å². The Morgan fingerprint density at radius 2 is 1.27 bits per heavy atom. The molecule has 22 heavy (non-hydrogen) atoms. The summed E-state index contributed by atoms with van der Waals surface area (Å²) >= 11 is -0.0497. The summed E-state index contributed by atoms with van der Waals surface area (Å²) in [5.74, 6) is 2.08. The fraction of sp³-hybridized carbons (Fsp3) is 0.0769. The zero-order chi connectivity index (χ0) is 16.4. The number of alkyl halides is 3. The summed E-state index contributed by atoms with van der Waals surface area (Å²) < 4.78 is 67.5. The second kappa shape index (κ2) is 6.42. The van der Waals surface area contributed by atoms with Crippen molar-refractivity contribution in [1.82, 2.24) is 0 Å². The van der Waals surface area contributed by atoms with Gasteiger partial charge < -0.3 is 9.29 Å². The zero-order valence-corrected chi connectivity index (χ0v) is 13.6. The third kappa shape index (κ3) is 4.11. The molecule has 1 aliphatic rings. The first kappa shape index (κ1) is 17.0. The van der Waals surface area contributed by atoms with E-state index in [1.165, 1.54) is 7.14 Å². The third-order valence-corrected chi connectivity index (χ3v) is 5.89. The maximum Gasteiger partial charge on any atom is 0.485 e. The van der Waals surface area contributed by atoms with Crippen LogP contribution in [0.3, 0.4) is 0 Å². The number of halogens is 4. The smallest absolute Gasteiger partial charge is 0.485 e. The summed E-state index contributed by atoms with van der Waals surface area (Å²) in [4.78, 5) is 0. The molecule has 0 saturated heterocycles. The number of benzene rings is 2. The topological polar surface area (TPSA) is 66.4 Å². The molecule has 1 heterocycles. The zero-order valence-electron chi connectivity index (χ0n) is 10.7. The minimum absolute atomic E-state index is 0.0497. The normalized spacial score (nSPS) is 13.1. The van der Waals surface area contributed by atoms with E-state index in [4.69, 9.17) is 17.7 Å². The van der Waals surface area contributed by atoms with E-state index in [0.29, 0.717) is 0 Å². The van der Waals surface area contributed by atoms with Crippen molar-refractivity contribution >= 4 is 10.1 Å². The fourth-order valence-electron chi connectivity index (χ4n) is 1.44. The Morgan fingerprint density at radius 3 is 1.64 bits per heavy atom. The van der Waals surface area contributed by atoms with E-state index in [-0.39, 0.29) is 21.2 Å². The molecule has 1 aliphatic heterocycles. The SMILES string of the molecule is O=S(=O)([O-])C(F)(F)F.c1ccc2c(c1)Oc1ccccc1[I+]2. The molecule has 2 aromatic carbocycles. The molecule has 0 radical (unpaired) electrons. The average Bonchev–Trinajstić information content (AvgIpc) is 2.43. The highest BCUT2D eigenvalue weighted by Gasteiger charge is 2.37. The van der Waals surface area contributed by atoms with Crippen molar-refractivity contribution in [3.8, 4) is 11.5 Å². The van der Waals surface area contributed by atoms with Gasteiger partial charge in [0.1, 0.15) is 0 Å². The van der Waals surface area contributed by atoms with Gasteiger partial charge in [-0.25, -0.2) is 8.42 Å². The number of para-hydroxylation sites is 2. The quantitative estimate of drug-likeness (QED) is 0.278. The van der Waals surface area contributed by atoms with Crippen molar-refractivity contribution in [3.05, 3.63) is 55.7 Å². The second-order valence-electron chi connectivity index (χ2n) is 3.96. The highest BCUT2D eigenvalue weighted by Crippen LogP contribution is 2.23. The second-order valence-corrected chi connectivity index (χ2v) is 8.19. The van der Waals surface area contributed by atoms with Crippen LogP contribution in [0.5, 0.6) is 11.5 Å². The molecular formula is C13H8F3IO4S. The van der Waals surface area contributed by atoms with Gasteiger partial charge >= 0.3 is 26.7 Å². The van der Waals surface area contributed by atoms with Gasteiger partial charge in [0, 0.05) is 0 Å². The summed E-state index contributed by atoms with van der Waals surface area (Å²) in [6.45, 7) is 0. The van der Waals surface area contributed by atoms with Crippen LogP contribution in [-0.4, -0.2) is 18.5 Å². The molecule has 4 nitrogen and oxygen atoms in total. The van der Waals surface area contributed by atoms with Crippen LogP contribution in [0, 0.1) is 7.14 Å². The van der Waals surface area contributed by atoms with Crippen LogP contribution in [0.4, 0.5) is 13.2 Å². The molecule has 0 unspecified atom stereocenters. The van der Waals surface area contributed by atoms with E-state index < -0.39 is 15.6 Å². The molecule has 0 fully saturated rings. The standard InChI is InChI=1S/C12H8IO.CHF3O3S/c1-3-7-11-9(5-1)13-10-6-2-4-8-12(10)14-11;2-1(3,4)8(5,6)7/h1-8H;(H,5,6,7)/q+1;/p-1. The minimum Gasteiger partial charge on any atom is -0.741 e. The maximum absolute atomic E-state index is 10.7. The van der Waals surface area contributed by atoms with Gasteiger partial charge in [-0.3, -0.25) is 0 Å². The largest absolute Gasteiger partial charge is 0.741 e. The molecular weight excluding hydrogens is 436 g/mol. The van der Waals surface area contributed by atoms with Gasteiger partial charge in [0.05, 0.1) is 0 Å². The molecule has 0 amide bonds. The lowest BCUT2D eigenvalue weighted by atomic mass is 10.3. The lowest BCUT2D eigenvalue weighted by Gasteiger charge is -2.09. The third-order valence-electron chi connectivity index (χ3n) is 2.38. The Bertz CT molecular complexity index is 687. The van der Waals surface area contributed by atoms with E-state index in [1.807, 2.05) is 24.3 Å². The minimum atomic E-state index is -6.09. The molecule has 0 spiro atoms. The number of ether oxygens (including phenoxy) is 1. The molecule has 0 aromatic heterocycles. The fourth-order valence-corrected chi connectivity index (χ4v) is 3.95. The molecule has 0 aliphatic carbocycles. The molecule has 3 rings (SSSR count). The molecule has 0 saturated carbocycles. The predicted octanol–water partition coefficient (Wildman–Crippen LogP) is -0.0279. The van der Waals surface area contributed by atoms with Crippen LogP contribution in [-0.2, 0) is 10.1 Å². The first-order chi connectivity index (χ1) is 10.2. The first-order valence-corrected chi connectivity index (χ1v) is 9.28. The van der Waals surface area contributed by atoms with E-state index in [9.17, 15) is 13.2 Å². The van der Waals surface area contributed by atoms with Crippen molar-refractivity contribution < 1.29 is 52.1 Å². The molecule has 0 N–H and O–H groups in total. The maximum atomic E-state index is 10.7. The number of hydrogen-bond acceptors (Lipinski definition) is 4. The van der Waals surface area contributed by atoms with Crippen molar-refractivity contribution in [2.75, 3.05) is 0 Å². The lowest BCUT2D eigenvalue weighted by molar-refractivity contribution is -0.602. The van der Waals surface area contributed by atoms with Crippen LogP contribution < -0.4 is 25.9 Å². The molecule has 0 atom stereocenters. The van der Waals surface area contributed by atoms with Gasteiger partial charge in [0.15, 0.2) is 21.6 Å². The summed E-state index contributed by atoms with van der Waals surface area (Å²) in [5.41, 5.74) is -5.65. The number of fused-ring (bicyclic) bond motifs is 2. The van der Waals surface area contributed by atoms with Gasteiger partial charge in [-0.05, 0) is 24.3 Å². The highest BCUT2D eigenvalue weighted by atomic mass is 127. The number of rotatable bonds is 0. The van der Waals surface area contributed by atoms with Crippen molar-refractivity contribution in [2.45, 2.75) is 5.51 Å². The monoisotopic (exact) mass is 444 g/mol. The van der Waals surface area contributed by atoms with E-state index in [0.717, 1.165) is 11.5 Å². The van der Waals surface area contributed by atoms with Crippen LogP contribution in [0.25, 0.3) is 0 Å². The molecule has 2 aromatic rings. The van der Waals surface area contributed by atoms with Crippen LogP contribution in [0.1, 0.15) is 0 Å². The van der Waals surface area contributed by atoms with Gasteiger partial charge in [-0.2, -0.15) is 13.2 Å². The van der Waals surface area contributed by atoms with E-state index in [2.05, 4.69) is 24.3 Å². The average molecular weight is 444 g/mol.